The number of thioether (sulfide) groups is 1. The lowest BCUT2D eigenvalue weighted by Crippen LogP contribution is -2.39. The van der Waals surface area contributed by atoms with Crippen molar-refractivity contribution < 1.29 is 9.59 Å². The van der Waals surface area contributed by atoms with E-state index in [2.05, 4.69) is 5.32 Å². The maximum Gasteiger partial charge on any atom is 0.318 e. The zero-order chi connectivity index (χ0) is 23.5. The Balaban J connectivity index is 1.79. The van der Waals surface area contributed by atoms with Crippen molar-refractivity contribution in [2.75, 3.05) is 0 Å². The highest BCUT2D eigenvalue weighted by molar-refractivity contribution is 8.00. The maximum absolute atomic E-state index is 13.5. The van der Waals surface area contributed by atoms with Gasteiger partial charge in [-0.1, -0.05) is 71.9 Å². The van der Waals surface area contributed by atoms with Gasteiger partial charge >= 0.3 is 6.03 Å². The van der Waals surface area contributed by atoms with Crippen LogP contribution >= 0.6 is 23.1 Å². The van der Waals surface area contributed by atoms with E-state index >= 15 is 0 Å². The number of carbonyl (C=O) groups is 2. The molecule has 1 atom stereocenters. The summed E-state index contributed by atoms with van der Waals surface area (Å²) in [4.78, 5) is 42.5. The smallest absolute Gasteiger partial charge is 0.318 e. The minimum absolute atomic E-state index is 0.169. The van der Waals surface area contributed by atoms with E-state index < -0.39 is 17.2 Å². The summed E-state index contributed by atoms with van der Waals surface area (Å²) >= 11 is 2.52. The molecular formula is C24H22N4O3S2. The van der Waals surface area contributed by atoms with Gasteiger partial charge in [0, 0.05) is 4.88 Å². The van der Waals surface area contributed by atoms with Crippen LogP contribution in [0.25, 0.3) is 20.7 Å². The lowest BCUT2D eigenvalue weighted by atomic mass is 10.1. The third-order valence-corrected chi connectivity index (χ3v) is 7.27. The molecule has 2 aromatic carbocycles. The Kier molecular flexibility index (Phi) is 6.62. The van der Waals surface area contributed by atoms with Gasteiger partial charge in [0.25, 0.3) is 5.56 Å². The number of nitrogens with zero attached hydrogens (tertiary/aromatic N) is 2. The van der Waals surface area contributed by atoms with Crippen molar-refractivity contribution in [3.63, 3.8) is 0 Å². The number of amides is 3. The van der Waals surface area contributed by atoms with Gasteiger partial charge in [0.2, 0.25) is 5.91 Å². The number of hydrogen-bond donors (Lipinski definition) is 2. The molecule has 1 unspecified atom stereocenters. The number of thiophene rings is 1. The molecule has 0 fully saturated rings. The standard InChI is InChI=1S/C24H22N4O3S2/c1-14-8-10-17(11-9-14)19-12-18-20(33-19)22(30)28(13-16-6-4-3-5-7-16)24(26-18)32-15(2)21(29)27-23(25)31/h3-12,15H,13H2,1-2H3,(H3,25,27,29,31). The lowest BCUT2D eigenvalue weighted by molar-refractivity contribution is -0.119. The molecule has 0 aliphatic rings. The Morgan fingerprint density at radius 1 is 1.15 bits per heavy atom. The Hall–Kier alpha value is -3.43. The van der Waals surface area contributed by atoms with Crippen molar-refractivity contribution in [1.82, 2.24) is 14.9 Å². The van der Waals surface area contributed by atoms with Gasteiger partial charge < -0.3 is 5.73 Å². The van der Waals surface area contributed by atoms with Crippen LogP contribution in [0.2, 0.25) is 0 Å². The van der Waals surface area contributed by atoms with Gasteiger partial charge in [-0.15, -0.1) is 11.3 Å². The van der Waals surface area contributed by atoms with Crippen LogP contribution in [0.3, 0.4) is 0 Å². The minimum atomic E-state index is -0.918. The summed E-state index contributed by atoms with van der Waals surface area (Å²) in [5.41, 5.74) is 8.59. The largest absolute Gasteiger partial charge is 0.351 e. The number of nitrogens with one attached hydrogen (secondary N) is 1. The second-order valence-corrected chi connectivity index (χ2v) is 9.94. The van der Waals surface area contributed by atoms with Crippen LogP contribution < -0.4 is 16.6 Å². The highest BCUT2D eigenvalue weighted by atomic mass is 32.2. The summed E-state index contributed by atoms with van der Waals surface area (Å²) in [5, 5.41) is 1.80. The van der Waals surface area contributed by atoms with Gasteiger partial charge in [0.05, 0.1) is 17.3 Å². The number of nitrogens with two attached hydrogens (primary N) is 1. The van der Waals surface area contributed by atoms with Crippen LogP contribution in [0.4, 0.5) is 4.79 Å². The van der Waals surface area contributed by atoms with Crippen LogP contribution in [0.1, 0.15) is 18.1 Å². The molecule has 3 amide bonds. The van der Waals surface area contributed by atoms with Gasteiger partial charge in [-0.05, 0) is 31.0 Å². The van der Waals surface area contributed by atoms with E-state index in [0.717, 1.165) is 33.3 Å². The first kappa shape index (κ1) is 22.8. The van der Waals surface area contributed by atoms with E-state index in [0.29, 0.717) is 21.9 Å². The highest BCUT2D eigenvalue weighted by Gasteiger charge is 2.21. The van der Waals surface area contributed by atoms with Crippen molar-refractivity contribution in [3.8, 4) is 10.4 Å². The fourth-order valence-electron chi connectivity index (χ4n) is 3.28. The fraction of sp³-hybridized carbons (Fsp3) is 0.167. The molecule has 0 bridgehead atoms. The van der Waals surface area contributed by atoms with Crippen LogP contribution in [0, 0.1) is 6.92 Å². The van der Waals surface area contributed by atoms with E-state index in [1.165, 1.54) is 11.3 Å². The predicted molar refractivity (Wildman–Crippen MR) is 133 cm³/mol. The number of benzene rings is 2. The zero-order valence-corrected chi connectivity index (χ0v) is 19.7. The van der Waals surface area contributed by atoms with E-state index in [1.54, 1.807) is 11.5 Å². The fourth-order valence-corrected chi connectivity index (χ4v) is 5.24. The second-order valence-electron chi connectivity index (χ2n) is 7.58. The number of rotatable bonds is 6. The van der Waals surface area contributed by atoms with Crippen molar-refractivity contribution in [2.45, 2.75) is 30.8 Å². The van der Waals surface area contributed by atoms with Crippen LogP contribution in [-0.4, -0.2) is 26.7 Å². The second kappa shape index (κ2) is 9.60. The zero-order valence-electron chi connectivity index (χ0n) is 18.1. The van der Waals surface area contributed by atoms with Gasteiger partial charge in [0.1, 0.15) is 4.70 Å². The minimum Gasteiger partial charge on any atom is -0.351 e. The summed E-state index contributed by atoms with van der Waals surface area (Å²) in [5.74, 6) is -0.543. The van der Waals surface area contributed by atoms with Gasteiger partial charge in [-0.3, -0.25) is 19.5 Å². The van der Waals surface area contributed by atoms with Crippen molar-refractivity contribution in [2.24, 2.45) is 5.73 Å². The Bertz CT molecular complexity index is 1380. The Morgan fingerprint density at radius 3 is 2.52 bits per heavy atom. The molecule has 0 aliphatic carbocycles. The molecule has 33 heavy (non-hydrogen) atoms. The Labute approximate surface area is 198 Å². The monoisotopic (exact) mass is 478 g/mol. The molecule has 2 aromatic heterocycles. The number of aryl methyl sites for hydroxylation is 1. The number of hydrogen-bond acceptors (Lipinski definition) is 6. The van der Waals surface area contributed by atoms with Crippen LogP contribution in [0.5, 0.6) is 0 Å². The SMILES string of the molecule is Cc1ccc(-c2cc3nc(SC(C)C(=O)NC(N)=O)n(Cc4ccccc4)c(=O)c3s2)cc1. The summed E-state index contributed by atoms with van der Waals surface area (Å²) in [7, 11) is 0. The van der Waals surface area contributed by atoms with Gasteiger partial charge in [-0.25, -0.2) is 9.78 Å². The summed E-state index contributed by atoms with van der Waals surface area (Å²) in [6.45, 7) is 3.97. The van der Waals surface area contributed by atoms with E-state index in [1.807, 2.05) is 67.6 Å². The lowest BCUT2D eigenvalue weighted by Gasteiger charge is -2.15. The normalized spacial score (nSPS) is 11.9. The van der Waals surface area contributed by atoms with Crippen LogP contribution in [0.15, 0.2) is 70.6 Å². The van der Waals surface area contributed by atoms with E-state index in [9.17, 15) is 14.4 Å². The molecule has 168 valence electrons. The first-order valence-corrected chi connectivity index (χ1v) is 11.9. The van der Waals surface area contributed by atoms with Gasteiger partial charge in [0.15, 0.2) is 5.16 Å². The molecule has 4 aromatic rings. The predicted octanol–water partition coefficient (Wildman–Crippen LogP) is 4.16. The highest BCUT2D eigenvalue weighted by Crippen LogP contribution is 2.33. The first-order valence-electron chi connectivity index (χ1n) is 10.2. The molecule has 0 saturated heterocycles. The molecule has 3 N–H and O–H groups in total. The molecule has 0 saturated carbocycles. The summed E-state index contributed by atoms with van der Waals surface area (Å²) in [6, 6.07) is 18.7. The Morgan fingerprint density at radius 2 is 1.85 bits per heavy atom. The molecule has 9 heteroatoms. The number of imide groups is 1. The average Bonchev–Trinajstić information content (AvgIpc) is 3.21. The number of primary amides is 1. The molecule has 4 rings (SSSR count). The van der Waals surface area contributed by atoms with Gasteiger partial charge in [-0.2, -0.15) is 0 Å². The number of urea groups is 1. The third-order valence-electron chi connectivity index (χ3n) is 5.02. The number of fused-ring (bicyclic) bond motifs is 1. The number of aromatic nitrogens is 2. The third kappa shape index (κ3) is 5.15. The molecule has 7 nitrogen and oxygen atoms in total. The molecular weight excluding hydrogens is 456 g/mol. The summed E-state index contributed by atoms with van der Waals surface area (Å²) < 4.78 is 2.13. The molecule has 0 aliphatic heterocycles. The average molecular weight is 479 g/mol. The van der Waals surface area contributed by atoms with E-state index in [-0.39, 0.29) is 5.56 Å². The molecule has 0 radical (unpaired) electrons. The van der Waals surface area contributed by atoms with E-state index in [4.69, 9.17) is 10.7 Å². The number of carbonyl (C=O) groups excluding carboxylic acids is 2. The first-order chi connectivity index (χ1) is 15.8. The van der Waals surface area contributed by atoms with Crippen molar-refractivity contribution in [1.29, 1.82) is 0 Å². The van der Waals surface area contributed by atoms with Crippen molar-refractivity contribution >= 4 is 45.3 Å². The topological polar surface area (TPSA) is 107 Å². The molecule has 2 heterocycles. The van der Waals surface area contributed by atoms with Crippen molar-refractivity contribution in [3.05, 3.63) is 82.1 Å². The van der Waals surface area contributed by atoms with Crippen LogP contribution in [-0.2, 0) is 11.3 Å². The molecule has 0 spiro atoms. The summed E-state index contributed by atoms with van der Waals surface area (Å²) in [6.07, 6.45) is 0. The maximum atomic E-state index is 13.5. The quantitative estimate of drug-likeness (QED) is 0.320.